The predicted molar refractivity (Wildman–Crippen MR) is 108 cm³/mol. The summed E-state index contributed by atoms with van der Waals surface area (Å²) in [4.78, 5) is 40.2. The zero-order chi connectivity index (χ0) is 20.8. The first-order valence-corrected chi connectivity index (χ1v) is 10.3. The molecule has 0 radical (unpaired) electrons. The second kappa shape index (κ2) is 9.62. The van der Waals surface area contributed by atoms with Crippen LogP contribution in [0.1, 0.15) is 33.1 Å². The Hall–Kier alpha value is -2.77. The van der Waals surface area contributed by atoms with Gasteiger partial charge in [0.15, 0.2) is 0 Å². The van der Waals surface area contributed by atoms with E-state index in [1.54, 1.807) is 16.7 Å². The van der Waals surface area contributed by atoms with Crippen LogP contribution in [0, 0.1) is 5.92 Å². The van der Waals surface area contributed by atoms with Gasteiger partial charge in [0.2, 0.25) is 5.91 Å². The summed E-state index contributed by atoms with van der Waals surface area (Å²) in [5.74, 6) is 0.432. The third-order valence-electron chi connectivity index (χ3n) is 5.31. The van der Waals surface area contributed by atoms with Crippen molar-refractivity contribution in [2.75, 3.05) is 37.7 Å². The van der Waals surface area contributed by atoms with Gasteiger partial charge in [-0.1, -0.05) is 0 Å². The Balaban J connectivity index is 1.49. The van der Waals surface area contributed by atoms with Gasteiger partial charge in [-0.2, -0.15) is 0 Å². The molecule has 2 saturated heterocycles. The van der Waals surface area contributed by atoms with Gasteiger partial charge in [-0.05, 0) is 51.0 Å². The summed E-state index contributed by atoms with van der Waals surface area (Å²) < 4.78 is 10.5. The number of hydrogen-bond acceptors (Lipinski definition) is 5. The molecule has 1 atom stereocenters. The molecule has 158 valence electrons. The highest BCUT2D eigenvalue weighted by Crippen LogP contribution is 2.25. The molecular formula is C21H29N3O5. The molecule has 0 bridgehead atoms. The molecule has 3 rings (SSSR count). The summed E-state index contributed by atoms with van der Waals surface area (Å²) in [5, 5.41) is 2.96. The van der Waals surface area contributed by atoms with Crippen LogP contribution >= 0.6 is 0 Å². The second-order valence-corrected chi connectivity index (χ2v) is 7.30. The average molecular weight is 403 g/mol. The van der Waals surface area contributed by atoms with Crippen LogP contribution in [0.25, 0.3) is 0 Å². The molecule has 2 fully saturated rings. The molecule has 0 saturated carbocycles. The van der Waals surface area contributed by atoms with Crippen LogP contribution < -0.4 is 15.0 Å². The maximum Gasteiger partial charge on any atom is 0.317 e. The molecule has 2 aliphatic heterocycles. The lowest BCUT2D eigenvalue weighted by Crippen LogP contribution is -2.49. The Morgan fingerprint density at radius 3 is 2.41 bits per heavy atom. The number of benzene rings is 1. The van der Waals surface area contributed by atoms with Gasteiger partial charge in [-0.15, -0.1) is 0 Å². The van der Waals surface area contributed by atoms with Crippen molar-refractivity contribution in [1.29, 1.82) is 0 Å². The minimum atomic E-state index is -0.232. The van der Waals surface area contributed by atoms with Crippen LogP contribution in [0.3, 0.4) is 0 Å². The largest absolute Gasteiger partial charge is 0.494 e. The number of likely N-dealkylation sites (tertiary alicyclic amines) is 1. The van der Waals surface area contributed by atoms with Gasteiger partial charge in [-0.25, -0.2) is 4.79 Å². The van der Waals surface area contributed by atoms with Gasteiger partial charge in [0.1, 0.15) is 5.75 Å². The number of carbonyl (C=O) groups excluding carboxylic acids is 3. The second-order valence-electron chi connectivity index (χ2n) is 7.30. The van der Waals surface area contributed by atoms with E-state index >= 15 is 0 Å². The summed E-state index contributed by atoms with van der Waals surface area (Å²) in [6.07, 6.45) is 1.49. The molecule has 0 aromatic heterocycles. The van der Waals surface area contributed by atoms with Gasteiger partial charge in [0.05, 0.1) is 25.2 Å². The third-order valence-corrected chi connectivity index (χ3v) is 5.31. The highest BCUT2D eigenvalue weighted by atomic mass is 16.5. The third kappa shape index (κ3) is 5.19. The Morgan fingerprint density at radius 1 is 1.10 bits per heavy atom. The van der Waals surface area contributed by atoms with E-state index in [1.807, 2.05) is 31.2 Å². The minimum Gasteiger partial charge on any atom is -0.494 e. The molecule has 0 aliphatic carbocycles. The zero-order valence-electron chi connectivity index (χ0n) is 17.1. The van der Waals surface area contributed by atoms with Crippen molar-refractivity contribution in [3.8, 4) is 5.75 Å². The maximum absolute atomic E-state index is 12.6. The summed E-state index contributed by atoms with van der Waals surface area (Å²) in [7, 11) is 0. The molecule has 3 amide bonds. The predicted octanol–water partition coefficient (Wildman–Crippen LogP) is 2.18. The minimum absolute atomic E-state index is 0.0134. The molecule has 0 spiro atoms. The fraction of sp³-hybridized carbons (Fsp3) is 0.571. The molecule has 8 nitrogen and oxygen atoms in total. The molecule has 8 heteroatoms. The van der Waals surface area contributed by atoms with E-state index in [1.165, 1.54) is 0 Å². The van der Waals surface area contributed by atoms with E-state index in [-0.39, 0.29) is 36.3 Å². The van der Waals surface area contributed by atoms with E-state index < -0.39 is 0 Å². The normalized spacial score (nSPS) is 19.9. The summed E-state index contributed by atoms with van der Waals surface area (Å²) in [6.45, 7) is 6.15. The number of piperidine rings is 1. The number of esters is 1. The lowest BCUT2D eigenvalue weighted by molar-refractivity contribution is -0.149. The Bertz CT molecular complexity index is 728. The Labute approximate surface area is 171 Å². The quantitative estimate of drug-likeness (QED) is 0.736. The van der Waals surface area contributed by atoms with Crippen LogP contribution in [0.4, 0.5) is 10.5 Å². The highest BCUT2D eigenvalue weighted by molar-refractivity contribution is 5.96. The zero-order valence-corrected chi connectivity index (χ0v) is 17.1. The van der Waals surface area contributed by atoms with E-state index in [9.17, 15) is 14.4 Å². The number of hydrogen-bond donors (Lipinski definition) is 1. The lowest BCUT2D eigenvalue weighted by Gasteiger charge is -2.31. The number of urea groups is 1. The van der Waals surface area contributed by atoms with Crippen molar-refractivity contribution in [3.63, 3.8) is 0 Å². The molecule has 1 unspecified atom stereocenters. The fourth-order valence-electron chi connectivity index (χ4n) is 3.79. The molecule has 29 heavy (non-hydrogen) atoms. The Kier molecular flexibility index (Phi) is 6.95. The van der Waals surface area contributed by atoms with Crippen molar-refractivity contribution in [2.45, 2.75) is 39.2 Å². The van der Waals surface area contributed by atoms with E-state index in [2.05, 4.69) is 5.32 Å². The number of nitrogens with zero attached hydrogens (tertiary/aromatic N) is 2. The van der Waals surface area contributed by atoms with Crippen molar-refractivity contribution < 1.29 is 23.9 Å². The standard InChI is InChI=1S/C21H29N3O5/c1-3-28-18-7-5-17(6-8-18)24-14-16(13-19(24)25)22-21(27)23-11-9-15(10-12-23)20(26)29-4-2/h5-8,15-16H,3-4,9-14H2,1-2H3,(H,22,27). The number of amides is 3. The van der Waals surface area contributed by atoms with Crippen molar-refractivity contribution in [1.82, 2.24) is 10.2 Å². The van der Waals surface area contributed by atoms with E-state index in [0.29, 0.717) is 45.7 Å². The van der Waals surface area contributed by atoms with E-state index in [0.717, 1.165) is 11.4 Å². The summed E-state index contributed by atoms with van der Waals surface area (Å²) >= 11 is 0. The molecular weight excluding hydrogens is 374 g/mol. The first-order chi connectivity index (χ1) is 14.0. The molecule has 2 aliphatic rings. The number of ether oxygens (including phenoxy) is 2. The van der Waals surface area contributed by atoms with Crippen LogP contribution in [-0.2, 0) is 14.3 Å². The molecule has 1 aromatic carbocycles. The Morgan fingerprint density at radius 2 is 1.79 bits per heavy atom. The molecule has 1 aromatic rings. The van der Waals surface area contributed by atoms with Crippen LogP contribution in [0.5, 0.6) is 5.75 Å². The van der Waals surface area contributed by atoms with Crippen LogP contribution in [0.15, 0.2) is 24.3 Å². The van der Waals surface area contributed by atoms with Crippen molar-refractivity contribution >= 4 is 23.6 Å². The van der Waals surface area contributed by atoms with Crippen molar-refractivity contribution in [2.24, 2.45) is 5.92 Å². The van der Waals surface area contributed by atoms with E-state index in [4.69, 9.17) is 9.47 Å². The molecule has 1 N–H and O–H groups in total. The maximum atomic E-state index is 12.6. The number of carbonyl (C=O) groups is 3. The van der Waals surface area contributed by atoms with Crippen LogP contribution in [0.2, 0.25) is 0 Å². The molecule has 2 heterocycles. The fourth-order valence-corrected chi connectivity index (χ4v) is 3.79. The SMILES string of the molecule is CCOC(=O)C1CCN(C(=O)NC2CC(=O)N(c3ccc(OCC)cc3)C2)CC1. The average Bonchev–Trinajstić information content (AvgIpc) is 3.09. The van der Waals surface area contributed by atoms with Crippen LogP contribution in [-0.4, -0.2) is 61.7 Å². The van der Waals surface area contributed by atoms with Gasteiger partial charge >= 0.3 is 12.0 Å². The van der Waals surface area contributed by atoms with Crippen molar-refractivity contribution in [3.05, 3.63) is 24.3 Å². The first kappa shape index (κ1) is 21.0. The summed E-state index contributed by atoms with van der Waals surface area (Å²) in [6, 6.07) is 6.97. The van der Waals surface area contributed by atoms with Gasteiger partial charge < -0.3 is 24.6 Å². The monoisotopic (exact) mass is 403 g/mol. The first-order valence-electron chi connectivity index (χ1n) is 10.3. The highest BCUT2D eigenvalue weighted by Gasteiger charge is 2.34. The topological polar surface area (TPSA) is 88.2 Å². The number of nitrogens with one attached hydrogen (secondary N) is 1. The smallest absolute Gasteiger partial charge is 0.317 e. The van der Waals surface area contributed by atoms with Gasteiger partial charge in [0, 0.05) is 31.7 Å². The van der Waals surface area contributed by atoms with Gasteiger partial charge in [0.25, 0.3) is 0 Å². The lowest BCUT2D eigenvalue weighted by atomic mass is 9.97. The summed E-state index contributed by atoms with van der Waals surface area (Å²) in [5.41, 5.74) is 0.797. The number of anilines is 1. The van der Waals surface area contributed by atoms with Gasteiger partial charge in [-0.3, -0.25) is 9.59 Å². The number of rotatable bonds is 6.